The Morgan fingerprint density at radius 2 is 1.06 bits per heavy atom. The molecular formula is C39H74N2O11. The lowest BCUT2D eigenvalue weighted by atomic mass is 9.95. The minimum atomic E-state index is -1.76. The van der Waals surface area contributed by atoms with Gasteiger partial charge in [0.1, 0.15) is 30.9 Å². The molecule has 306 valence electrons. The van der Waals surface area contributed by atoms with Crippen LogP contribution in [0.15, 0.2) is 0 Å². The van der Waals surface area contributed by atoms with E-state index in [2.05, 4.69) is 13.8 Å². The van der Waals surface area contributed by atoms with Gasteiger partial charge in [-0.2, -0.15) is 0 Å². The van der Waals surface area contributed by atoms with Crippen LogP contribution >= 0.6 is 0 Å². The number of rotatable bonds is 32. The summed E-state index contributed by atoms with van der Waals surface area (Å²) >= 11 is 0. The lowest BCUT2D eigenvalue weighted by Crippen LogP contribution is -2.65. The van der Waals surface area contributed by atoms with Crippen LogP contribution in [0.1, 0.15) is 162 Å². The van der Waals surface area contributed by atoms with Gasteiger partial charge in [0.2, 0.25) is 11.8 Å². The van der Waals surface area contributed by atoms with Crippen molar-refractivity contribution in [3.05, 3.63) is 0 Å². The zero-order valence-corrected chi connectivity index (χ0v) is 32.3. The van der Waals surface area contributed by atoms with Gasteiger partial charge in [0.25, 0.3) is 0 Å². The van der Waals surface area contributed by atoms with Crippen LogP contribution in [0.25, 0.3) is 0 Å². The summed E-state index contributed by atoms with van der Waals surface area (Å²) in [7, 11) is 0. The molecule has 0 saturated carbocycles. The number of aliphatic hydroxyl groups excluding tert-OH is 6. The molecule has 0 aromatic rings. The van der Waals surface area contributed by atoms with E-state index in [1.807, 2.05) is 0 Å². The van der Waals surface area contributed by atoms with E-state index in [0.29, 0.717) is 12.8 Å². The molecule has 1 heterocycles. The first-order valence-corrected chi connectivity index (χ1v) is 20.4. The topological polar surface area (TPSA) is 209 Å². The van der Waals surface area contributed by atoms with Gasteiger partial charge >= 0.3 is 5.97 Å². The fourth-order valence-corrected chi connectivity index (χ4v) is 6.98. The van der Waals surface area contributed by atoms with Crippen LogP contribution in [0.4, 0.5) is 0 Å². The minimum Gasteiger partial charge on any atom is -0.480 e. The van der Waals surface area contributed by atoms with Crippen LogP contribution < -0.4 is 0 Å². The molecule has 0 radical (unpaired) electrons. The van der Waals surface area contributed by atoms with Crippen molar-refractivity contribution in [3.8, 4) is 0 Å². The largest absolute Gasteiger partial charge is 0.480 e. The van der Waals surface area contributed by atoms with Crippen LogP contribution in [0, 0.1) is 0 Å². The maximum atomic E-state index is 13.6. The Morgan fingerprint density at radius 1 is 0.615 bits per heavy atom. The number of hydrogen-bond acceptors (Lipinski definition) is 10. The molecule has 2 amide bonds. The molecule has 52 heavy (non-hydrogen) atoms. The minimum absolute atomic E-state index is 0.0446. The molecule has 7 atom stereocenters. The highest BCUT2D eigenvalue weighted by Crippen LogP contribution is 2.26. The molecular weight excluding hydrogens is 672 g/mol. The van der Waals surface area contributed by atoms with Gasteiger partial charge in [0.05, 0.1) is 31.7 Å². The van der Waals surface area contributed by atoms with E-state index in [1.165, 1.54) is 64.2 Å². The second kappa shape index (κ2) is 29.5. The molecule has 1 rings (SSSR count). The molecule has 13 nitrogen and oxygen atoms in total. The van der Waals surface area contributed by atoms with Crippen molar-refractivity contribution in [2.75, 3.05) is 26.2 Å². The van der Waals surface area contributed by atoms with E-state index < -0.39 is 73.8 Å². The van der Waals surface area contributed by atoms with Gasteiger partial charge in [-0.3, -0.25) is 14.4 Å². The van der Waals surface area contributed by atoms with Gasteiger partial charge < -0.3 is 50.3 Å². The molecule has 1 aliphatic rings. The van der Waals surface area contributed by atoms with E-state index >= 15 is 0 Å². The van der Waals surface area contributed by atoms with Gasteiger partial charge in [-0.05, 0) is 19.3 Å². The first-order chi connectivity index (χ1) is 25.0. The first kappa shape index (κ1) is 48.1. The third kappa shape index (κ3) is 20.5. The summed E-state index contributed by atoms with van der Waals surface area (Å²) in [5, 5.41) is 72.4. The van der Waals surface area contributed by atoms with Gasteiger partial charge in [0.15, 0.2) is 6.29 Å². The number of hydrogen-bond donors (Lipinski definition) is 7. The fourth-order valence-electron chi connectivity index (χ4n) is 6.98. The molecule has 0 aromatic heterocycles. The molecule has 0 bridgehead atoms. The Morgan fingerprint density at radius 3 is 1.50 bits per heavy atom. The number of nitrogens with zero attached hydrogens (tertiary/aromatic N) is 2. The summed E-state index contributed by atoms with van der Waals surface area (Å²) in [5.74, 6) is -2.39. The molecule has 0 aliphatic carbocycles. The van der Waals surface area contributed by atoms with Crippen molar-refractivity contribution in [3.63, 3.8) is 0 Å². The monoisotopic (exact) mass is 747 g/mol. The van der Waals surface area contributed by atoms with Crippen molar-refractivity contribution in [2.24, 2.45) is 0 Å². The SMILES string of the molecule is CCCCCCCCCCC[C@@H](O)CC(=O)N(CCCN(C(=O)C[C@H](O)CCCCCCCCCCC)[C@@H]1[C@@H](O)[C@H](O)[C@@H](CO)O[C@H]1O)CC(=O)O. The Kier molecular flexibility index (Phi) is 27.3. The highest BCUT2D eigenvalue weighted by molar-refractivity contribution is 5.81. The van der Waals surface area contributed by atoms with Crippen LogP contribution in [0.3, 0.4) is 0 Å². The van der Waals surface area contributed by atoms with Gasteiger partial charge in [-0.25, -0.2) is 0 Å². The molecule has 0 spiro atoms. The number of unbranched alkanes of at least 4 members (excludes halogenated alkanes) is 16. The quantitative estimate of drug-likeness (QED) is 0.0484. The van der Waals surface area contributed by atoms with Gasteiger partial charge in [-0.1, -0.05) is 129 Å². The number of carbonyl (C=O) groups excluding carboxylic acids is 2. The second-order valence-corrected chi connectivity index (χ2v) is 14.8. The van der Waals surface area contributed by atoms with E-state index in [4.69, 9.17) is 4.74 Å². The predicted molar refractivity (Wildman–Crippen MR) is 199 cm³/mol. The average molecular weight is 747 g/mol. The number of aliphatic carboxylic acids is 1. The number of carbonyl (C=O) groups is 3. The standard InChI is InChI=1S/C39H74N2O11/c1-3-5-7-9-11-13-15-17-19-22-30(43)26-33(45)40(28-35(47)48)24-21-25-41(36-38(50)37(49)32(29-42)52-39(36)51)34(46)27-31(44)23-20-18-16-14-12-10-8-6-4-2/h30-32,36-39,42-44,49-51H,3-29H2,1-2H3,(H,47,48)/t30-,31-,32-,36-,37-,38-,39-/m1/s1. The summed E-state index contributed by atoms with van der Waals surface area (Å²) in [4.78, 5) is 40.5. The van der Waals surface area contributed by atoms with Crippen molar-refractivity contribution < 1.29 is 54.9 Å². The molecule has 1 saturated heterocycles. The van der Waals surface area contributed by atoms with E-state index in [1.54, 1.807) is 0 Å². The molecule has 0 aromatic carbocycles. The van der Waals surface area contributed by atoms with E-state index in [9.17, 15) is 50.1 Å². The maximum absolute atomic E-state index is 13.6. The molecule has 0 unspecified atom stereocenters. The molecule has 1 fully saturated rings. The highest BCUT2D eigenvalue weighted by atomic mass is 16.6. The molecule has 7 N–H and O–H groups in total. The Labute approximate surface area is 312 Å². The average Bonchev–Trinajstić information content (AvgIpc) is 3.10. The summed E-state index contributed by atoms with van der Waals surface area (Å²) in [6, 6.07) is -1.44. The fraction of sp³-hybridized carbons (Fsp3) is 0.923. The maximum Gasteiger partial charge on any atom is 0.323 e. The Balaban J connectivity index is 2.76. The normalized spacial score (nSPS) is 21.5. The van der Waals surface area contributed by atoms with Crippen molar-refractivity contribution >= 4 is 17.8 Å². The predicted octanol–water partition coefficient (Wildman–Crippen LogP) is 4.26. The number of carboxylic acids is 1. The number of carboxylic acid groups (broad SMARTS) is 1. The second-order valence-electron chi connectivity index (χ2n) is 14.8. The zero-order valence-electron chi connectivity index (χ0n) is 32.3. The summed E-state index contributed by atoms with van der Waals surface area (Å²) in [6.07, 6.45) is 12.1. The third-order valence-electron chi connectivity index (χ3n) is 10.2. The third-order valence-corrected chi connectivity index (χ3v) is 10.2. The highest BCUT2D eigenvalue weighted by Gasteiger charge is 2.47. The lowest BCUT2D eigenvalue weighted by Gasteiger charge is -2.45. The van der Waals surface area contributed by atoms with Crippen molar-refractivity contribution in [1.82, 2.24) is 9.80 Å². The van der Waals surface area contributed by atoms with E-state index in [-0.39, 0.29) is 32.4 Å². The van der Waals surface area contributed by atoms with Crippen LogP contribution in [0.2, 0.25) is 0 Å². The van der Waals surface area contributed by atoms with Gasteiger partial charge in [0, 0.05) is 13.1 Å². The number of amides is 2. The van der Waals surface area contributed by atoms with E-state index in [0.717, 1.165) is 61.2 Å². The number of ether oxygens (including phenoxy) is 1. The van der Waals surface area contributed by atoms with Crippen LogP contribution in [-0.2, 0) is 19.1 Å². The summed E-state index contributed by atoms with van der Waals surface area (Å²) < 4.78 is 5.30. The van der Waals surface area contributed by atoms with Crippen LogP contribution in [0.5, 0.6) is 0 Å². The Bertz CT molecular complexity index is 942. The lowest BCUT2D eigenvalue weighted by molar-refractivity contribution is -0.270. The van der Waals surface area contributed by atoms with Crippen molar-refractivity contribution in [2.45, 2.75) is 204 Å². The molecule has 1 aliphatic heterocycles. The molecule has 13 heteroatoms. The zero-order chi connectivity index (χ0) is 38.7. The summed E-state index contributed by atoms with van der Waals surface area (Å²) in [6.45, 7) is 2.84. The summed E-state index contributed by atoms with van der Waals surface area (Å²) in [5.41, 5.74) is 0. The first-order valence-electron chi connectivity index (χ1n) is 20.4. The number of aliphatic hydroxyl groups is 6. The smallest absolute Gasteiger partial charge is 0.323 e. The Hall–Kier alpha value is -1.87. The van der Waals surface area contributed by atoms with Crippen LogP contribution in [-0.4, -0.2) is 132 Å². The van der Waals surface area contributed by atoms with Gasteiger partial charge in [-0.15, -0.1) is 0 Å². The van der Waals surface area contributed by atoms with Crippen molar-refractivity contribution in [1.29, 1.82) is 0 Å².